The third-order valence-corrected chi connectivity index (χ3v) is 3.75. The topological polar surface area (TPSA) is 61.3 Å². The first-order chi connectivity index (χ1) is 9.74. The molecule has 0 aliphatic heterocycles. The van der Waals surface area contributed by atoms with E-state index in [2.05, 4.69) is 27.1 Å². The maximum absolute atomic E-state index is 9.09. The molecule has 0 aromatic carbocycles. The predicted molar refractivity (Wildman–Crippen MR) is 82.2 cm³/mol. The zero-order valence-electron chi connectivity index (χ0n) is 12.6. The maximum atomic E-state index is 9.09. The molecule has 0 unspecified atom stereocenters. The minimum absolute atomic E-state index is 0.230. The Bertz CT molecular complexity index is 420. The summed E-state index contributed by atoms with van der Waals surface area (Å²) in [5, 5.41) is 12.4. The molecule has 1 heterocycles. The minimum Gasteiger partial charge on any atom is -0.396 e. The first-order valence-corrected chi connectivity index (χ1v) is 7.71. The third-order valence-electron chi connectivity index (χ3n) is 3.75. The van der Waals surface area contributed by atoms with E-state index in [1.54, 1.807) is 0 Å². The van der Waals surface area contributed by atoms with Crippen LogP contribution in [0.15, 0.2) is 6.07 Å². The average Bonchev–Trinajstić information content (AvgIpc) is 2.38. The van der Waals surface area contributed by atoms with Crippen LogP contribution in [0.5, 0.6) is 0 Å². The number of aromatic nitrogens is 2. The fourth-order valence-electron chi connectivity index (χ4n) is 2.47. The van der Waals surface area contributed by atoms with Crippen molar-refractivity contribution in [2.45, 2.75) is 52.0 Å². The molecule has 1 fully saturated rings. The van der Waals surface area contributed by atoms with Gasteiger partial charge in [-0.2, -0.15) is 0 Å². The molecule has 1 saturated carbocycles. The van der Waals surface area contributed by atoms with Crippen LogP contribution in [0.1, 0.15) is 44.9 Å². The van der Waals surface area contributed by atoms with Crippen LogP contribution in [0.3, 0.4) is 0 Å². The van der Waals surface area contributed by atoms with Crippen molar-refractivity contribution in [3.05, 3.63) is 11.9 Å². The van der Waals surface area contributed by atoms with Crippen molar-refractivity contribution in [1.82, 2.24) is 9.97 Å². The van der Waals surface area contributed by atoms with Gasteiger partial charge in [-0.15, -0.1) is 0 Å². The Morgan fingerprint density at radius 3 is 2.80 bits per heavy atom. The van der Waals surface area contributed by atoms with Gasteiger partial charge >= 0.3 is 0 Å². The summed E-state index contributed by atoms with van der Waals surface area (Å²) < 4.78 is 0. The van der Waals surface area contributed by atoms with Crippen LogP contribution in [-0.4, -0.2) is 40.8 Å². The molecule has 112 valence electrons. The number of rotatable bonds is 8. The molecular weight excluding hydrogens is 252 g/mol. The average molecular weight is 278 g/mol. The van der Waals surface area contributed by atoms with Crippen LogP contribution in [-0.2, 0) is 0 Å². The fourth-order valence-corrected chi connectivity index (χ4v) is 2.47. The van der Waals surface area contributed by atoms with Crippen molar-refractivity contribution in [3.8, 4) is 0 Å². The molecule has 0 spiro atoms. The lowest BCUT2D eigenvalue weighted by Crippen LogP contribution is -2.41. The van der Waals surface area contributed by atoms with Crippen molar-refractivity contribution in [2.75, 3.05) is 29.9 Å². The second-order valence-corrected chi connectivity index (χ2v) is 5.44. The fraction of sp³-hybridized carbons (Fsp3) is 0.733. The summed E-state index contributed by atoms with van der Waals surface area (Å²) >= 11 is 0. The molecule has 1 aromatic heterocycles. The van der Waals surface area contributed by atoms with Crippen LogP contribution in [0.25, 0.3) is 0 Å². The smallest absolute Gasteiger partial charge is 0.134 e. The van der Waals surface area contributed by atoms with Gasteiger partial charge in [0.2, 0.25) is 0 Å². The van der Waals surface area contributed by atoms with E-state index in [4.69, 9.17) is 5.11 Å². The molecule has 0 bridgehead atoms. The largest absolute Gasteiger partial charge is 0.396 e. The molecule has 0 radical (unpaired) electrons. The third kappa shape index (κ3) is 3.82. The van der Waals surface area contributed by atoms with Gasteiger partial charge in [-0.3, -0.25) is 0 Å². The summed E-state index contributed by atoms with van der Waals surface area (Å²) in [5.41, 5.74) is 0. The van der Waals surface area contributed by atoms with E-state index in [0.717, 1.165) is 43.4 Å². The van der Waals surface area contributed by atoms with E-state index in [-0.39, 0.29) is 6.61 Å². The van der Waals surface area contributed by atoms with Crippen molar-refractivity contribution < 1.29 is 5.11 Å². The molecule has 20 heavy (non-hydrogen) atoms. The van der Waals surface area contributed by atoms with E-state index in [9.17, 15) is 0 Å². The van der Waals surface area contributed by atoms with Gasteiger partial charge in [-0.1, -0.05) is 6.92 Å². The Hall–Kier alpha value is -1.36. The number of nitrogens with one attached hydrogen (secondary N) is 1. The lowest BCUT2D eigenvalue weighted by atomic mass is 9.91. The van der Waals surface area contributed by atoms with Gasteiger partial charge in [0.15, 0.2) is 0 Å². The summed E-state index contributed by atoms with van der Waals surface area (Å²) in [6.07, 6.45) is 5.62. The highest BCUT2D eigenvalue weighted by atomic mass is 16.3. The lowest BCUT2D eigenvalue weighted by molar-refractivity contribution is 0.282. The van der Waals surface area contributed by atoms with E-state index in [1.165, 1.54) is 19.3 Å². The molecule has 0 saturated heterocycles. The summed E-state index contributed by atoms with van der Waals surface area (Å²) in [6, 6.07) is 2.62. The van der Waals surface area contributed by atoms with Crippen LogP contribution in [0.4, 0.5) is 11.6 Å². The van der Waals surface area contributed by atoms with Gasteiger partial charge in [-0.05, 0) is 39.0 Å². The number of hydrogen-bond donors (Lipinski definition) is 2. The second kappa shape index (κ2) is 7.43. The number of aliphatic hydroxyl groups is 1. The second-order valence-electron chi connectivity index (χ2n) is 5.44. The predicted octanol–water partition coefficient (Wildman–Crippen LogP) is 2.35. The first kappa shape index (κ1) is 15.0. The Labute approximate surface area is 121 Å². The quantitative estimate of drug-likeness (QED) is 0.764. The normalized spacial score (nSPS) is 14.9. The molecule has 0 atom stereocenters. The van der Waals surface area contributed by atoms with Crippen molar-refractivity contribution >= 4 is 11.6 Å². The SMILES string of the molecule is CCCNc1cc(N(CCCO)C2CCC2)nc(C)n1. The highest BCUT2D eigenvalue weighted by Gasteiger charge is 2.26. The van der Waals surface area contributed by atoms with E-state index in [1.807, 2.05) is 13.0 Å². The standard InChI is InChI=1S/C15H26N4O/c1-3-8-16-14-11-15(18-12(2)17-14)19(9-5-10-20)13-6-4-7-13/h11,13,20H,3-10H2,1-2H3,(H,16,17,18). The van der Waals surface area contributed by atoms with Crippen LogP contribution >= 0.6 is 0 Å². The number of hydrogen-bond acceptors (Lipinski definition) is 5. The summed E-state index contributed by atoms with van der Waals surface area (Å²) in [4.78, 5) is 11.4. The highest BCUT2D eigenvalue weighted by molar-refractivity contribution is 5.50. The van der Waals surface area contributed by atoms with Gasteiger partial charge < -0.3 is 15.3 Å². The zero-order valence-corrected chi connectivity index (χ0v) is 12.6. The monoisotopic (exact) mass is 278 g/mol. The molecule has 2 N–H and O–H groups in total. The number of nitrogens with zero attached hydrogens (tertiary/aromatic N) is 3. The molecule has 1 aliphatic rings. The van der Waals surface area contributed by atoms with Crippen LogP contribution < -0.4 is 10.2 Å². The molecule has 1 aromatic rings. The number of anilines is 2. The highest BCUT2D eigenvalue weighted by Crippen LogP contribution is 2.29. The Morgan fingerprint density at radius 1 is 1.40 bits per heavy atom. The molecule has 5 nitrogen and oxygen atoms in total. The maximum Gasteiger partial charge on any atom is 0.134 e. The molecule has 0 amide bonds. The molecular formula is C15H26N4O. The van der Waals surface area contributed by atoms with Gasteiger partial charge in [0.1, 0.15) is 17.5 Å². The molecule has 5 heteroatoms. The molecule has 1 aliphatic carbocycles. The Morgan fingerprint density at radius 2 is 2.20 bits per heavy atom. The van der Waals surface area contributed by atoms with Gasteiger partial charge in [0.25, 0.3) is 0 Å². The minimum atomic E-state index is 0.230. The Kier molecular flexibility index (Phi) is 5.59. The van der Waals surface area contributed by atoms with Crippen LogP contribution in [0, 0.1) is 6.92 Å². The summed E-state index contributed by atoms with van der Waals surface area (Å²) in [6.45, 7) is 6.10. The lowest BCUT2D eigenvalue weighted by Gasteiger charge is -2.38. The van der Waals surface area contributed by atoms with E-state index in [0.29, 0.717) is 6.04 Å². The summed E-state index contributed by atoms with van der Waals surface area (Å²) in [7, 11) is 0. The zero-order chi connectivity index (χ0) is 14.4. The van der Waals surface area contributed by atoms with Crippen molar-refractivity contribution in [2.24, 2.45) is 0 Å². The van der Waals surface area contributed by atoms with Gasteiger partial charge in [0, 0.05) is 31.8 Å². The van der Waals surface area contributed by atoms with E-state index < -0.39 is 0 Å². The van der Waals surface area contributed by atoms with Crippen molar-refractivity contribution in [3.63, 3.8) is 0 Å². The van der Waals surface area contributed by atoms with Crippen molar-refractivity contribution in [1.29, 1.82) is 0 Å². The number of aliphatic hydroxyl groups excluding tert-OH is 1. The number of aryl methyl sites for hydroxylation is 1. The molecule has 2 rings (SSSR count). The van der Waals surface area contributed by atoms with Gasteiger partial charge in [0.05, 0.1) is 0 Å². The van der Waals surface area contributed by atoms with Gasteiger partial charge in [-0.25, -0.2) is 9.97 Å². The summed E-state index contributed by atoms with van der Waals surface area (Å²) in [5.74, 6) is 2.70. The Balaban J connectivity index is 2.15. The van der Waals surface area contributed by atoms with Crippen LogP contribution in [0.2, 0.25) is 0 Å². The first-order valence-electron chi connectivity index (χ1n) is 7.71. The van der Waals surface area contributed by atoms with E-state index >= 15 is 0 Å².